The van der Waals surface area contributed by atoms with Crippen LogP contribution in [0.1, 0.15) is 87.0 Å². The van der Waals surface area contributed by atoms with Crippen molar-refractivity contribution in [3.8, 4) is 0 Å². The molecule has 0 atom stereocenters. The predicted octanol–water partition coefficient (Wildman–Crippen LogP) is 9.41. The van der Waals surface area contributed by atoms with E-state index >= 15 is 0 Å². The summed E-state index contributed by atoms with van der Waals surface area (Å²) in [6, 6.07) is 9.82. The average molecular weight is 503 g/mol. The lowest BCUT2D eigenvalue weighted by atomic mass is 9.77. The van der Waals surface area contributed by atoms with Gasteiger partial charge >= 0.3 is 6.11 Å². The molecule has 196 valence electrons. The number of benzene rings is 2. The van der Waals surface area contributed by atoms with Crippen LogP contribution in [-0.2, 0) is 23.7 Å². The molecule has 0 radical (unpaired) electrons. The number of hydrogen-bond acceptors (Lipinski definition) is 1. The van der Waals surface area contributed by atoms with Crippen molar-refractivity contribution in [2.24, 2.45) is 5.92 Å². The SMILES string of the molecule is C/C=C/CCc1ccc(CCOC(F)(F)c2c(F)cc([C@H]3CC[C@H](CC/C=C/C)CC3)cc2F)cc1. The Morgan fingerprint density at radius 3 is 1.97 bits per heavy atom. The maximum Gasteiger partial charge on any atom is 0.389 e. The van der Waals surface area contributed by atoms with Crippen molar-refractivity contribution in [3.63, 3.8) is 0 Å². The molecule has 0 heterocycles. The van der Waals surface area contributed by atoms with Crippen LogP contribution in [0.4, 0.5) is 17.6 Å². The number of allylic oxidation sites excluding steroid dienone is 4. The van der Waals surface area contributed by atoms with Crippen LogP contribution in [-0.4, -0.2) is 6.61 Å². The Bertz CT molecular complexity index is 979. The molecular weight excluding hydrogens is 464 g/mol. The maximum absolute atomic E-state index is 14.8. The molecule has 1 saturated carbocycles. The van der Waals surface area contributed by atoms with E-state index < -0.39 is 23.3 Å². The lowest BCUT2D eigenvalue weighted by molar-refractivity contribution is -0.251. The van der Waals surface area contributed by atoms with Gasteiger partial charge in [0.15, 0.2) is 0 Å². The molecule has 36 heavy (non-hydrogen) atoms. The highest BCUT2D eigenvalue weighted by Crippen LogP contribution is 2.40. The van der Waals surface area contributed by atoms with Gasteiger partial charge in [-0.25, -0.2) is 8.78 Å². The molecule has 1 fully saturated rings. The van der Waals surface area contributed by atoms with Crippen molar-refractivity contribution >= 4 is 0 Å². The predicted molar refractivity (Wildman–Crippen MR) is 138 cm³/mol. The van der Waals surface area contributed by atoms with Gasteiger partial charge in [-0.15, -0.1) is 0 Å². The van der Waals surface area contributed by atoms with Crippen LogP contribution in [0.3, 0.4) is 0 Å². The first kappa shape index (κ1) is 28.2. The van der Waals surface area contributed by atoms with Gasteiger partial charge in [-0.05, 0) is 112 Å². The summed E-state index contributed by atoms with van der Waals surface area (Å²) in [5.41, 5.74) is 1.16. The van der Waals surface area contributed by atoms with Gasteiger partial charge in [0, 0.05) is 0 Å². The molecule has 0 amide bonds. The molecule has 1 aliphatic carbocycles. The normalized spacial score (nSPS) is 18.9. The Hall–Kier alpha value is -2.40. The van der Waals surface area contributed by atoms with Gasteiger partial charge in [0.2, 0.25) is 0 Å². The van der Waals surface area contributed by atoms with Crippen molar-refractivity contribution in [3.05, 3.63) is 94.6 Å². The van der Waals surface area contributed by atoms with Crippen molar-refractivity contribution in [1.82, 2.24) is 0 Å². The van der Waals surface area contributed by atoms with Crippen molar-refractivity contribution in [1.29, 1.82) is 0 Å². The summed E-state index contributed by atoms with van der Waals surface area (Å²) in [6.07, 6.45) is 12.1. The third-order valence-corrected chi connectivity index (χ3v) is 7.18. The fraction of sp³-hybridized carbons (Fsp3) is 0.484. The highest BCUT2D eigenvalue weighted by molar-refractivity contribution is 5.31. The molecule has 0 N–H and O–H groups in total. The molecule has 1 aliphatic rings. The summed E-state index contributed by atoms with van der Waals surface area (Å²) in [5, 5.41) is 0. The topological polar surface area (TPSA) is 9.23 Å². The third-order valence-electron chi connectivity index (χ3n) is 7.18. The van der Waals surface area contributed by atoms with Gasteiger partial charge < -0.3 is 4.74 Å². The fourth-order valence-electron chi connectivity index (χ4n) is 5.05. The largest absolute Gasteiger partial charge is 0.389 e. The molecule has 0 unspecified atom stereocenters. The number of rotatable bonds is 12. The maximum atomic E-state index is 14.8. The van der Waals surface area contributed by atoms with E-state index in [0.717, 1.165) is 74.6 Å². The van der Waals surface area contributed by atoms with E-state index in [0.29, 0.717) is 11.5 Å². The summed E-state index contributed by atoms with van der Waals surface area (Å²) in [7, 11) is 0. The summed E-state index contributed by atoms with van der Waals surface area (Å²) >= 11 is 0. The van der Waals surface area contributed by atoms with Crippen molar-refractivity contribution < 1.29 is 22.3 Å². The molecular formula is C31H38F4O. The second kappa shape index (κ2) is 13.8. The molecule has 5 heteroatoms. The van der Waals surface area contributed by atoms with Gasteiger partial charge in [-0.2, -0.15) is 8.78 Å². The Morgan fingerprint density at radius 1 is 0.833 bits per heavy atom. The van der Waals surface area contributed by atoms with Gasteiger partial charge in [-0.1, -0.05) is 48.6 Å². The molecule has 2 aromatic rings. The number of aryl methyl sites for hydroxylation is 1. The first-order valence-corrected chi connectivity index (χ1v) is 13.1. The van der Waals surface area contributed by atoms with Crippen LogP contribution < -0.4 is 0 Å². The number of hydrogen-bond donors (Lipinski definition) is 0. The highest BCUT2D eigenvalue weighted by atomic mass is 19.3. The highest BCUT2D eigenvalue weighted by Gasteiger charge is 2.40. The van der Waals surface area contributed by atoms with E-state index in [4.69, 9.17) is 4.74 Å². The molecule has 2 aromatic carbocycles. The molecule has 0 saturated heterocycles. The van der Waals surface area contributed by atoms with E-state index in [2.05, 4.69) is 12.2 Å². The van der Waals surface area contributed by atoms with E-state index in [1.165, 1.54) is 0 Å². The Morgan fingerprint density at radius 2 is 1.39 bits per heavy atom. The fourth-order valence-corrected chi connectivity index (χ4v) is 5.05. The van der Waals surface area contributed by atoms with Crippen LogP contribution in [0.2, 0.25) is 0 Å². The minimum absolute atomic E-state index is 0.00322. The number of alkyl halides is 2. The van der Waals surface area contributed by atoms with Crippen LogP contribution in [0.5, 0.6) is 0 Å². The molecule has 0 aliphatic heterocycles. The second-order valence-electron chi connectivity index (χ2n) is 9.76. The lowest BCUT2D eigenvalue weighted by Crippen LogP contribution is -2.24. The van der Waals surface area contributed by atoms with Crippen LogP contribution in [0, 0.1) is 17.6 Å². The third kappa shape index (κ3) is 8.06. The number of ether oxygens (including phenoxy) is 1. The Labute approximate surface area is 213 Å². The standard InChI is InChI=1S/C31H38F4O/c1-3-5-7-9-23-11-13-25(14-12-23)19-20-36-31(34,35)30-28(32)21-27(22-29(30)33)26-17-15-24(16-18-26)10-8-6-4-2/h3-6,11-14,21-22,24,26H,7-10,15-20H2,1-2H3/b5-3+,6-4+/t24-,26-. The number of halogens is 4. The molecule has 3 rings (SSSR count). The summed E-state index contributed by atoms with van der Waals surface area (Å²) in [5.74, 6) is -1.87. The summed E-state index contributed by atoms with van der Waals surface area (Å²) in [6.45, 7) is 3.64. The van der Waals surface area contributed by atoms with Crippen molar-refractivity contribution in [2.45, 2.75) is 83.7 Å². The lowest BCUT2D eigenvalue weighted by Gasteiger charge is -2.29. The minimum atomic E-state index is -4.04. The van der Waals surface area contributed by atoms with E-state index in [1.807, 2.05) is 50.3 Å². The van der Waals surface area contributed by atoms with Gasteiger partial charge in [0.1, 0.15) is 17.2 Å². The Kier molecular flexibility index (Phi) is 10.8. The molecule has 0 aromatic heterocycles. The molecule has 0 spiro atoms. The zero-order chi connectivity index (χ0) is 26.0. The zero-order valence-corrected chi connectivity index (χ0v) is 21.4. The van der Waals surface area contributed by atoms with Gasteiger partial charge in [0.25, 0.3) is 0 Å². The van der Waals surface area contributed by atoms with Gasteiger partial charge in [-0.3, -0.25) is 0 Å². The van der Waals surface area contributed by atoms with Crippen LogP contribution in [0.15, 0.2) is 60.7 Å². The van der Waals surface area contributed by atoms with E-state index in [-0.39, 0.29) is 18.9 Å². The quantitative estimate of drug-likeness (QED) is 0.207. The second-order valence-corrected chi connectivity index (χ2v) is 9.76. The van der Waals surface area contributed by atoms with Crippen molar-refractivity contribution in [2.75, 3.05) is 6.61 Å². The average Bonchev–Trinajstić information content (AvgIpc) is 2.85. The van der Waals surface area contributed by atoms with Gasteiger partial charge in [0.05, 0.1) is 6.61 Å². The Balaban J connectivity index is 1.55. The first-order valence-electron chi connectivity index (χ1n) is 13.1. The van der Waals surface area contributed by atoms with Crippen LogP contribution in [0.25, 0.3) is 0 Å². The zero-order valence-electron chi connectivity index (χ0n) is 21.4. The smallest absolute Gasteiger partial charge is 0.316 e. The minimum Gasteiger partial charge on any atom is -0.316 e. The molecule has 0 bridgehead atoms. The van der Waals surface area contributed by atoms with E-state index in [1.54, 1.807) is 0 Å². The summed E-state index contributed by atoms with van der Waals surface area (Å²) in [4.78, 5) is 0. The molecule has 1 nitrogen and oxygen atoms in total. The van der Waals surface area contributed by atoms with Crippen LogP contribution >= 0.6 is 0 Å². The first-order chi connectivity index (χ1) is 17.3. The monoisotopic (exact) mass is 502 g/mol. The van der Waals surface area contributed by atoms with E-state index in [9.17, 15) is 17.6 Å². The summed E-state index contributed by atoms with van der Waals surface area (Å²) < 4.78 is 63.6.